The minimum absolute atomic E-state index is 0.311. The summed E-state index contributed by atoms with van der Waals surface area (Å²) in [5.41, 5.74) is 6.26. The van der Waals surface area contributed by atoms with Gasteiger partial charge in [-0.05, 0) is 55.5 Å². The molecule has 3 aromatic rings. The summed E-state index contributed by atoms with van der Waals surface area (Å²) in [5, 5.41) is 9.32. The number of aryl methyl sites for hydroxylation is 1. The Balaban J connectivity index is 1.54. The quantitative estimate of drug-likeness (QED) is 0.630. The van der Waals surface area contributed by atoms with Gasteiger partial charge in [0, 0.05) is 5.56 Å². The van der Waals surface area contributed by atoms with Gasteiger partial charge in [-0.3, -0.25) is 20.4 Å². The zero-order chi connectivity index (χ0) is 20.8. The Labute approximate surface area is 169 Å². The van der Waals surface area contributed by atoms with Crippen molar-refractivity contribution in [2.24, 2.45) is 0 Å². The molecule has 146 valence electrons. The van der Waals surface area contributed by atoms with Crippen LogP contribution in [0.1, 0.15) is 20.9 Å². The molecule has 0 saturated carbocycles. The van der Waals surface area contributed by atoms with Gasteiger partial charge in [0.2, 0.25) is 0 Å². The summed E-state index contributed by atoms with van der Waals surface area (Å²) in [7, 11) is 0. The van der Waals surface area contributed by atoms with Crippen molar-refractivity contribution >= 4 is 23.2 Å². The van der Waals surface area contributed by atoms with Crippen molar-refractivity contribution in [3.8, 4) is 22.4 Å². The molecule has 2 aromatic carbocycles. The Hall–Kier alpha value is -3.77. The molecule has 0 aliphatic carbocycles. The molecule has 3 rings (SSSR count). The van der Waals surface area contributed by atoms with Gasteiger partial charge in [0.15, 0.2) is 6.61 Å². The molecule has 0 radical (unpaired) electrons. The van der Waals surface area contributed by atoms with E-state index in [1.165, 1.54) is 12.1 Å². The molecule has 0 bridgehead atoms. The largest absolute Gasteiger partial charge is 0.484 e. The average molecular weight is 410 g/mol. The lowest BCUT2D eigenvalue weighted by molar-refractivity contribution is -0.123. The fraction of sp³-hybridized carbons (Fsp3) is 0.100. The third-order valence-corrected chi connectivity index (χ3v) is 4.97. The molecule has 0 aliphatic rings. The van der Waals surface area contributed by atoms with Crippen molar-refractivity contribution in [3.63, 3.8) is 0 Å². The van der Waals surface area contributed by atoms with E-state index in [0.717, 1.165) is 11.3 Å². The van der Waals surface area contributed by atoms with Gasteiger partial charge in [0.05, 0.1) is 17.3 Å². The maximum Gasteiger partial charge on any atom is 0.281 e. The van der Waals surface area contributed by atoms with Gasteiger partial charge in [-0.2, -0.15) is 5.26 Å². The lowest BCUT2D eigenvalue weighted by Gasteiger charge is -2.08. The minimum Gasteiger partial charge on any atom is -0.484 e. The fourth-order valence-corrected chi connectivity index (χ4v) is 3.28. The van der Waals surface area contributed by atoms with Gasteiger partial charge in [0.25, 0.3) is 11.8 Å². The van der Waals surface area contributed by atoms with Crippen LogP contribution in [0.4, 0.5) is 4.39 Å². The molecular weight excluding hydrogens is 395 g/mol. The van der Waals surface area contributed by atoms with Crippen LogP contribution in [0.25, 0.3) is 10.6 Å². The number of hydrazine groups is 1. The van der Waals surface area contributed by atoms with Crippen LogP contribution < -0.4 is 15.6 Å². The lowest BCUT2D eigenvalue weighted by atomic mass is 10.2. The van der Waals surface area contributed by atoms with Crippen molar-refractivity contribution in [2.45, 2.75) is 6.92 Å². The number of amides is 2. The van der Waals surface area contributed by atoms with Crippen molar-refractivity contribution < 1.29 is 18.7 Å². The molecule has 0 unspecified atom stereocenters. The van der Waals surface area contributed by atoms with Gasteiger partial charge in [-0.1, -0.05) is 0 Å². The second kappa shape index (κ2) is 8.95. The SMILES string of the molecule is Cc1nc(-c2ccc(F)cc2)sc1C(=O)NNC(=O)COc1ccc(C#N)cc1. The summed E-state index contributed by atoms with van der Waals surface area (Å²) < 4.78 is 18.3. The van der Waals surface area contributed by atoms with Gasteiger partial charge in [-0.15, -0.1) is 11.3 Å². The zero-order valence-corrected chi connectivity index (χ0v) is 16.0. The second-order valence-corrected chi connectivity index (χ2v) is 6.87. The molecule has 9 heteroatoms. The molecule has 0 aliphatic heterocycles. The van der Waals surface area contributed by atoms with E-state index in [0.29, 0.717) is 32.5 Å². The van der Waals surface area contributed by atoms with Gasteiger partial charge >= 0.3 is 0 Å². The van der Waals surface area contributed by atoms with Crippen LogP contribution in [0.15, 0.2) is 48.5 Å². The van der Waals surface area contributed by atoms with Crippen LogP contribution in [-0.4, -0.2) is 23.4 Å². The lowest BCUT2D eigenvalue weighted by Crippen LogP contribution is -2.43. The fourth-order valence-electron chi connectivity index (χ4n) is 2.32. The highest BCUT2D eigenvalue weighted by Gasteiger charge is 2.17. The first kappa shape index (κ1) is 20.0. The number of nitrogens with zero attached hydrogens (tertiary/aromatic N) is 2. The van der Waals surface area contributed by atoms with Crippen LogP contribution >= 0.6 is 11.3 Å². The molecule has 2 N–H and O–H groups in total. The molecule has 0 saturated heterocycles. The first-order chi connectivity index (χ1) is 14.0. The highest BCUT2D eigenvalue weighted by Crippen LogP contribution is 2.27. The topological polar surface area (TPSA) is 104 Å². The Morgan fingerprint density at radius 2 is 1.83 bits per heavy atom. The summed E-state index contributed by atoms with van der Waals surface area (Å²) in [5.74, 6) is -0.998. The molecule has 1 aromatic heterocycles. The van der Waals surface area contributed by atoms with Gasteiger partial charge in [-0.25, -0.2) is 9.37 Å². The zero-order valence-electron chi connectivity index (χ0n) is 15.2. The summed E-state index contributed by atoms with van der Waals surface area (Å²) in [6.45, 7) is 1.36. The van der Waals surface area contributed by atoms with Crippen molar-refractivity contribution in [2.75, 3.05) is 6.61 Å². The van der Waals surface area contributed by atoms with Crippen molar-refractivity contribution in [1.82, 2.24) is 15.8 Å². The first-order valence-corrected chi connectivity index (χ1v) is 9.23. The maximum atomic E-state index is 13.1. The molecule has 2 amide bonds. The predicted molar refractivity (Wildman–Crippen MR) is 105 cm³/mol. The number of aromatic nitrogens is 1. The number of nitrogens with one attached hydrogen (secondary N) is 2. The number of carbonyl (C=O) groups excluding carboxylic acids is 2. The van der Waals surface area contributed by atoms with Gasteiger partial charge in [0.1, 0.15) is 21.5 Å². The van der Waals surface area contributed by atoms with E-state index in [-0.39, 0.29) is 12.4 Å². The third-order valence-electron chi connectivity index (χ3n) is 3.76. The summed E-state index contributed by atoms with van der Waals surface area (Å²) in [4.78, 5) is 28.8. The normalized spacial score (nSPS) is 10.1. The van der Waals surface area contributed by atoms with E-state index in [1.807, 2.05) is 6.07 Å². The van der Waals surface area contributed by atoms with Crippen LogP contribution in [-0.2, 0) is 4.79 Å². The number of halogens is 1. The second-order valence-electron chi connectivity index (χ2n) is 5.87. The number of benzene rings is 2. The Morgan fingerprint density at radius 1 is 1.14 bits per heavy atom. The Morgan fingerprint density at radius 3 is 2.48 bits per heavy atom. The number of hydrogen-bond donors (Lipinski definition) is 2. The Kier molecular flexibility index (Phi) is 6.16. The number of ether oxygens (including phenoxy) is 1. The number of hydrogen-bond acceptors (Lipinski definition) is 6. The van der Waals surface area contributed by atoms with E-state index in [2.05, 4.69) is 15.8 Å². The van der Waals surface area contributed by atoms with Crippen molar-refractivity contribution in [3.05, 3.63) is 70.5 Å². The number of thiazole rings is 1. The van der Waals surface area contributed by atoms with E-state index >= 15 is 0 Å². The molecule has 7 nitrogen and oxygen atoms in total. The molecule has 0 fully saturated rings. The van der Waals surface area contributed by atoms with E-state index < -0.39 is 11.8 Å². The Bertz CT molecular complexity index is 1070. The van der Waals surface area contributed by atoms with Crippen molar-refractivity contribution in [1.29, 1.82) is 5.26 Å². The summed E-state index contributed by atoms with van der Waals surface area (Å²) in [6.07, 6.45) is 0. The first-order valence-electron chi connectivity index (χ1n) is 8.42. The van der Waals surface area contributed by atoms with E-state index in [4.69, 9.17) is 10.00 Å². The van der Waals surface area contributed by atoms with Crippen LogP contribution in [0.2, 0.25) is 0 Å². The molecule has 29 heavy (non-hydrogen) atoms. The monoisotopic (exact) mass is 410 g/mol. The summed E-state index contributed by atoms with van der Waals surface area (Å²) in [6, 6.07) is 14.1. The van der Waals surface area contributed by atoms with Crippen LogP contribution in [0, 0.1) is 24.1 Å². The standard InChI is InChI=1S/C20H15FN4O3S/c1-12-18(29-20(23-12)14-4-6-15(21)7-5-14)19(27)25-24-17(26)11-28-16-8-2-13(10-22)3-9-16/h2-9H,11H2,1H3,(H,24,26)(H,25,27). The average Bonchev–Trinajstić information content (AvgIpc) is 3.13. The highest BCUT2D eigenvalue weighted by molar-refractivity contribution is 7.17. The molecule has 1 heterocycles. The predicted octanol–water partition coefficient (Wildman–Crippen LogP) is 2.97. The molecule has 0 atom stereocenters. The van der Waals surface area contributed by atoms with E-state index in [1.54, 1.807) is 43.3 Å². The smallest absolute Gasteiger partial charge is 0.281 e. The third kappa shape index (κ3) is 5.15. The van der Waals surface area contributed by atoms with Crippen LogP contribution in [0.3, 0.4) is 0 Å². The molecular formula is C20H15FN4O3S. The minimum atomic E-state index is -0.552. The van der Waals surface area contributed by atoms with E-state index in [9.17, 15) is 14.0 Å². The highest BCUT2D eigenvalue weighted by atomic mass is 32.1. The van der Waals surface area contributed by atoms with Gasteiger partial charge < -0.3 is 4.74 Å². The number of rotatable bonds is 5. The maximum absolute atomic E-state index is 13.1. The summed E-state index contributed by atoms with van der Waals surface area (Å²) >= 11 is 1.14. The number of carbonyl (C=O) groups is 2. The van der Waals surface area contributed by atoms with Crippen LogP contribution in [0.5, 0.6) is 5.75 Å². The number of nitriles is 1. The molecule has 0 spiro atoms.